The quantitative estimate of drug-likeness (QED) is 0.369. The maximum absolute atomic E-state index is 14.4. The van der Waals surface area contributed by atoms with Crippen LogP contribution in [0, 0.1) is 11.8 Å². The minimum absolute atomic E-state index is 0.0233. The average molecular weight is 509 g/mol. The smallest absolute Gasteiger partial charge is 0.344 e. The molecular weight excluding hydrogens is 488 g/mol. The lowest BCUT2D eigenvalue weighted by molar-refractivity contribution is -0.185. The Balaban J connectivity index is 2.64. The molecule has 2 N–H and O–H groups in total. The lowest BCUT2D eigenvalue weighted by Crippen LogP contribution is -2.61. The standard InChI is InChI=1S/C20H21BrF4N2O2S/c1-18(2,22)10-16-17(29)26-15(11-28)12-30-9-3-8-19(27-16,20(23,24)25)13-4-6-14(21)7-5-13/h4-7,11,15-16,27H,9-10,12H2,1-2H3,(H,26,29)/t15-,16+,19+/m1/s1. The monoisotopic (exact) mass is 508 g/mol. The lowest BCUT2D eigenvalue weighted by Gasteiger charge is -2.37. The molecule has 0 unspecified atom stereocenters. The van der Waals surface area contributed by atoms with E-state index in [4.69, 9.17) is 0 Å². The number of rotatable bonds is 4. The Morgan fingerprint density at radius 1 is 1.27 bits per heavy atom. The van der Waals surface area contributed by atoms with Crippen molar-refractivity contribution in [1.29, 1.82) is 0 Å². The summed E-state index contributed by atoms with van der Waals surface area (Å²) in [5.74, 6) is 4.04. The fourth-order valence-electron chi connectivity index (χ4n) is 2.97. The number of amides is 1. The number of hydrogen-bond donors (Lipinski definition) is 2. The van der Waals surface area contributed by atoms with Crippen molar-refractivity contribution in [3.63, 3.8) is 0 Å². The topological polar surface area (TPSA) is 58.2 Å². The van der Waals surface area contributed by atoms with Gasteiger partial charge in [-0.15, -0.1) is 11.8 Å². The Morgan fingerprint density at radius 2 is 1.90 bits per heavy atom. The summed E-state index contributed by atoms with van der Waals surface area (Å²) in [7, 11) is 0. The van der Waals surface area contributed by atoms with E-state index < -0.39 is 41.8 Å². The fourth-order valence-corrected chi connectivity index (χ4v) is 3.94. The molecule has 0 fully saturated rings. The van der Waals surface area contributed by atoms with Crippen molar-refractivity contribution in [1.82, 2.24) is 10.6 Å². The zero-order valence-corrected chi connectivity index (χ0v) is 18.7. The van der Waals surface area contributed by atoms with E-state index in [-0.39, 0.29) is 17.1 Å². The van der Waals surface area contributed by atoms with Crippen LogP contribution in [0.2, 0.25) is 0 Å². The maximum atomic E-state index is 14.4. The molecule has 0 spiro atoms. The molecule has 1 aliphatic rings. The Bertz CT molecular complexity index is 830. The van der Waals surface area contributed by atoms with Crippen LogP contribution in [-0.4, -0.2) is 47.6 Å². The van der Waals surface area contributed by atoms with Crippen LogP contribution >= 0.6 is 27.7 Å². The molecule has 0 aromatic heterocycles. The summed E-state index contributed by atoms with van der Waals surface area (Å²) in [6.07, 6.45) is -4.97. The molecule has 0 saturated heterocycles. The average Bonchev–Trinajstić information content (AvgIpc) is 2.65. The summed E-state index contributed by atoms with van der Waals surface area (Å²) in [4.78, 5) is 24.0. The van der Waals surface area contributed by atoms with Gasteiger partial charge in [0.1, 0.15) is 12.0 Å². The number of carbonyl (C=O) groups is 2. The van der Waals surface area contributed by atoms with E-state index in [1.54, 1.807) is 0 Å². The molecule has 2 rings (SSSR count). The van der Waals surface area contributed by atoms with Crippen LogP contribution in [0.3, 0.4) is 0 Å². The van der Waals surface area contributed by atoms with Gasteiger partial charge in [0, 0.05) is 16.6 Å². The minimum Gasteiger partial charge on any atom is -0.344 e. The van der Waals surface area contributed by atoms with Crippen LogP contribution in [0.25, 0.3) is 0 Å². The maximum Gasteiger partial charge on any atom is 0.422 e. The molecule has 164 valence electrons. The van der Waals surface area contributed by atoms with Crippen molar-refractivity contribution in [2.75, 3.05) is 11.5 Å². The highest BCUT2D eigenvalue weighted by atomic mass is 79.9. The molecule has 0 saturated carbocycles. The normalized spacial score (nSPS) is 26.0. The zero-order chi connectivity index (χ0) is 22.6. The SMILES string of the molecule is CC(C)(F)C[C@@H]1N[C@@](c2ccc(Br)cc2)(C(F)(F)F)C#CCSC[C@@H](C=O)NC1=O. The minimum atomic E-state index is -4.92. The van der Waals surface area contributed by atoms with Crippen LogP contribution in [0.4, 0.5) is 17.6 Å². The molecule has 1 aromatic carbocycles. The third-order valence-electron chi connectivity index (χ3n) is 4.34. The lowest BCUT2D eigenvalue weighted by atomic mass is 9.87. The van der Waals surface area contributed by atoms with Gasteiger partial charge in [0.05, 0.1) is 17.8 Å². The number of benzene rings is 1. The van der Waals surface area contributed by atoms with E-state index in [1.807, 2.05) is 0 Å². The van der Waals surface area contributed by atoms with Gasteiger partial charge in [-0.2, -0.15) is 13.2 Å². The van der Waals surface area contributed by atoms with E-state index in [9.17, 15) is 27.2 Å². The summed E-state index contributed by atoms with van der Waals surface area (Å²) in [6, 6.07) is 2.86. The Labute approximate surface area is 185 Å². The van der Waals surface area contributed by atoms with Crippen LogP contribution in [0.5, 0.6) is 0 Å². The van der Waals surface area contributed by atoms with Crippen molar-refractivity contribution in [3.05, 3.63) is 34.3 Å². The molecular formula is C20H21BrF4N2O2S. The molecule has 0 radical (unpaired) electrons. The van der Waals surface area contributed by atoms with Crippen molar-refractivity contribution >= 4 is 39.9 Å². The van der Waals surface area contributed by atoms with Gasteiger partial charge in [-0.25, -0.2) is 4.39 Å². The molecule has 10 heteroatoms. The second-order valence-electron chi connectivity index (χ2n) is 7.44. The van der Waals surface area contributed by atoms with Crippen molar-refractivity contribution in [2.24, 2.45) is 0 Å². The third kappa shape index (κ3) is 6.22. The molecule has 0 bridgehead atoms. The summed E-state index contributed by atoms with van der Waals surface area (Å²) in [6.45, 7) is 2.33. The van der Waals surface area contributed by atoms with Gasteiger partial charge in [-0.05, 0) is 31.5 Å². The van der Waals surface area contributed by atoms with Crippen LogP contribution in [-0.2, 0) is 15.1 Å². The summed E-state index contributed by atoms with van der Waals surface area (Å²) in [5.41, 5.74) is -5.08. The van der Waals surface area contributed by atoms with Gasteiger partial charge < -0.3 is 10.1 Å². The predicted octanol–water partition coefficient (Wildman–Crippen LogP) is 3.74. The van der Waals surface area contributed by atoms with Crippen molar-refractivity contribution < 1.29 is 27.2 Å². The van der Waals surface area contributed by atoms with E-state index in [2.05, 4.69) is 38.4 Å². The van der Waals surface area contributed by atoms with Gasteiger partial charge in [0.15, 0.2) is 0 Å². The summed E-state index contributed by atoms with van der Waals surface area (Å²) < 4.78 is 58.3. The van der Waals surface area contributed by atoms with Gasteiger partial charge in [0.2, 0.25) is 11.4 Å². The van der Waals surface area contributed by atoms with E-state index in [1.165, 1.54) is 38.1 Å². The number of carbonyl (C=O) groups excluding carboxylic acids is 2. The highest BCUT2D eigenvalue weighted by Crippen LogP contribution is 2.40. The van der Waals surface area contributed by atoms with Gasteiger partial charge in [-0.1, -0.05) is 39.9 Å². The molecule has 0 aliphatic carbocycles. The van der Waals surface area contributed by atoms with Gasteiger partial charge in [0.25, 0.3) is 0 Å². The van der Waals surface area contributed by atoms with E-state index in [0.29, 0.717) is 10.8 Å². The second-order valence-corrected chi connectivity index (χ2v) is 9.39. The number of halogens is 5. The molecule has 30 heavy (non-hydrogen) atoms. The highest BCUT2D eigenvalue weighted by Gasteiger charge is 2.57. The molecule has 1 heterocycles. The van der Waals surface area contributed by atoms with Crippen LogP contribution in [0.15, 0.2) is 28.7 Å². The number of alkyl halides is 4. The molecule has 1 aliphatic heterocycles. The van der Waals surface area contributed by atoms with Gasteiger partial charge in [-0.3, -0.25) is 10.1 Å². The number of thioether (sulfide) groups is 1. The highest BCUT2D eigenvalue weighted by molar-refractivity contribution is 9.10. The van der Waals surface area contributed by atoms with Crippen molar-refractivity contribution in [2.45, 2.75) is 49.7 Å². The van der Waals surface area contributed by atoms with E-state index in [0.717, 1.165) is 11.8 Å². The summed E-state index contributed by atoms with van der Waals surface area (Å²) >= 11 is 4.31. The number of nitrogens with one attached hydrogen (secondary N) is 2. The molecule has 1 amide bonds. The Morgan fingerprint density at radius 3 is 2.43 bits per heavy atom. The summed E-state index contributed by atoms with van der Waals surface area (Å²) in [5, 5.41) is 4.70. The Hall–Kier alpha value is -1.57. The van der Waals surface area contributed by atoms with Crippen molar-refractivity contribution in [3.8, 4) is 11.8 Å². The number of hydrogen-bond acceptors (Lipinski definition) is 4. The van der Waals surface area contributed by atoms with Gasteiger partial charge >= 0.3 is 6.18 Å². The van der Waals surface area contributed by atoms with E-state index >= 15 is 0 Å². The fraction of sp³-hybridized carbons (Fsp3) is 0.500. The first-order valence-corrected chi connectivity index (χ1v) is 11.0. The van der Waals surface area contributed by atoms with Crippen LogP contribution < -0.4 is 10.6 Å². The largest absolute Gasteiger partial charge is 0.422 e. The second kappa shape index (κ2) is 9.71. The first-order valence-electron chi connectivity index (χ1n) is 9.01. The molecule has 4 nitrogen and oxygen atoms in total. The first-order chi connectivity index (χ1) is 13.9. The predicted molar refractivity (Wildman–Crippen MR) is 112 cm³/mol. The Kier molecular flexibility index (Phi) is 7.99. The third-order valence-corrected chi connectivity index (χ3v) is 5.81. The molecule has 3 atom stereocenters. The molecule has 1 aromatic rings. The zero-order valence-electron chi connectivity index (χ0n) is 16.3. The van der Waals surface area contributed by atoms with Crippen LogP contribution in [0.1, 0.15) is 25.8 Å². The number of aldehydes is 1. The first kappa shape index (κ1) is 24.7.